The molecule has 1 unspecified atom stereocenters. The minimum atomic E-state index is -0.0539. The molecule has 0 bridgehead atoms. The maximum Gasteiger partial charge on any atom is 0.251 e. The molecule has 2 rings (SSSR count). The molecule has 3 N–H and O–H groups in total. The summed E-state index contributed by atoms with van der Waals surface area (Å²) in [4.78, 5) is 15.8. The summed E-state index contributed by atoms with van der Waals surface area (Å²) in [7, 11) is 0. The summed E-state index contributed by atoms with van der Waals surface area (Å²) in [6.07, 6.45) is 4.82. The van der Waals surface area contributed by atoms with Gasteiger partial charge >= 0.3 is 0 Å². The smallest absolute Gasteiger partial charge is 0.251 e. The van der Waals surface area contributed by atoms with Gasteiger partial charge in [-0.2, -0.15) is 0 Å². The first-order chi connectivity index (χ1) is 7.96. The molecule has 4 nitrogen and oxygen atoms in total. The van der Waals surface area contributed by atoms with E-state index in [-0.39, 0.29) is 11.9 Å². The molecule has 92 valence electrons. The Morgan fingerprint density at radius 2 is 2.35 bits per heavy atom. The fraction of sp³-hybridized carbons (Fsp3) is 0.538. The van der Waals surface area contributed by atoms with Crippen LogP contribution in [0.2, 0.25) is 0 Å². The Hall–Kier alpha value is -1.58. The lowest BCUT2D eigenvalue weighted by Gasteiger charge is -2.17. The van der Waals surface area contributed by atoms with E-state index in [0.717, 1.165) is 19.3 Å². The number of anilines is 1. The summed E-state index contributed by atoms with van der Waals surface area (Å²) in [5.74, 6) is 0.325. The number of nitrogens with one attached hydrogen (secondary N) is 1. The number of nitrogens with two attached hydrogens (primary N) is 1. The van der Waals surface area contributed by atoms with Gasteiger partial charge in [-0.05, 0) is 36.8 Å². The van der Waals surface area contributed by atoms with E-state index in [4.69, 9.17) is 5.73 Å². The van der Waals surface area contributed by atoms with Gasteiger partial charge in [0.2, 0.25) is 0 Å². The van der Waals surface area contributed by atoms with Crippen LogP contribution in [-0.2, 0) is 0 Å². The van der Waals surface area contributed by atoms with E-state index in [1.54, 1.807) is 18.3 Å². The molecule has 0 saturated heterocycles. The molecule has 0 aliphatic heterocycles. The van der Waals surface area contributed by atoms with Gasteiger partial charge in [-0.15, -0.1) is 0 Å². The van der Waals surface area contributed by atoms with Crippen LogP contribution in [0, 0.1) is 5.41 Å². The van der Waals surface area contributed by atoms with Gasteiger partial charge in [-0.1, -0.05) is 13.8 Å². The highest BCUT2D eigenvalue weighted by atomic mass is 16.1. The van der Waals surface area contributed by atoms with E-state index >= 15 is 0 Å². The third kappa shape index (κ3) is 2.96. The van der Waals surface area contributed by atoms with Crippen LogP contribution in [0.1, 0.15) is 43.5 Å². The zero-order chi connectivity index (χ0) is 12.5. The summed E-state index contributed by atoms with van der Waals surface area (Å²) in [5, 5.41) is 3.06. The quantitative estimate of drug-likeness (QED) is 0.820. The van der Waals surface area contributed by atoms with Gasteiger partial charge in [-0.3, -0.25) is 4.79 Å². The first kappa shape index (κ1) is 11.9. The predicted molar refractivity (Wildman–Crippen MR) is 67.5 cm³/mol. The number of hydrogen-bond acceptors (Lipinski definition) is 3. The van der Waals surface area contributed by atoms with E-state index in [2.05, 4.69) is 24.1 Å². The number of rotatable bonds is 2. The van der Waals surface area contributed by atoms with E-state index in [9.17, 15) is 4.79 Å². The summed E-state index contributed by atoms with van der Waals surface area (Å²) in [5.41, 5.74) is 6.48. The van der Waals surface area contributed by atoms with E-state index in [1.165, 1.54) is 0 Å². The molecule has 1 amide bonds. The second kappa shape index (κ2) is 4.35. The van der Waals surface area contributed by atoms with Crippen molar-refractivity contribution < 1.29 is 4.79 Å². The van der Waals surface area contributed by atoms with Crippen molar-refractivity contribution in [2.24, 2.45) is 5.41 Å². The highest BCUT2D eigenvalue weighted by Gasteiger charge is 2.31. The minimum Gasteiger partial charge on any atom is -0.384 e. The van der Waals surface area contributed by atoms with Crippen molar-refractivity contribution in [3.05, 3.63) is 23.9 Å². The fourth-order valence-electron chi connectivity index (χ4n) is 2.42. The van der Waals surface area contributed by atoms with Gasteiger partial charge in [-0.25, -0.2) is 4.98 Å². The van der Waals surface area contributed by atoms with Gasteiger partial charge < -0.3 is 11.1 Å². The summed E-state index contributed by atoms with van der Waals surface area (Å²) < 4.78 is 0. The molecular formula is C13H19N3O. The van der Waals surface area contributed by atoms with Crippen molar-refractivity contribution in [3.63, 3.8) is 0 Å². The molecule has 1 heterocycles. The molecule has 0 aromatic carbocycles. The molecule has 1 fully saturated rings. The van der Waals surface area contributed by atoms with Crippen LogP contribution >= 0.6 is 0 Å². The monoisotopic (exact) mass is 233 g/mol. The number of carbonyl (C=O) groups is 1. The number of aromatic nitrogens is 1. The molecule has 1 aliphatic rings. The second-order valence-electron chi connectivity index (χ2n) is 5.55. The third-order valence-electron chi connectivity index (χ3n) is 3.35. The maximum atomic E-state index is 12.0. The highest BCUT2D eigenvalue weighted by molar-refractivity contribution is 5.94. The first-order valence-corrected chi connectivity index (χ1v) is 5.99. The lowest BCUT2D eigenvalue weighted by atomic mass is 9.92. The number of nitrogen functional groups attached to an aromatic ring is 1. The first-order valence-electron chi connectivity index (χ1n) is 5.99. The van der Waals surface area contributed by atoms with Gasteiger partial charge in [0.15, 0.2) is 0 Å². The van der Waals surface area contributed by atoms with Crippen molar-refractivity contribution in [2.45, 2.75) is 39.2 Å². The molecule has 17 heavy (non-hydrogen) atoms. The highest BCUT2D eigenvalue weighted by Crippen LogP contribution is 2.36. The van der Waals surface area contributed by atoms with Crippen LogP contribution in [0.3, 0.4) is 0 Å². The van der Waals surface area contributed by atoms with Crippen molar-refractivity contribution in [3.8, 4) is 0 Å². The molecule has 1 atom stereocenters. The van der Waals surface area contributed by atoms with E-state index < -0.39 is 0 Å². The van der Waals surface area contributed by atoms with Gasteiger partial charge in [0, 0.05) is 17.8 Å². The molecule has 0 radical (unpaired) electrons. The zero-order valence-electron chi connectivity index (χ0n) is 10.4. The maximum absolute atomic E-state index is 12.0. The lowest BCUT2D eigenvalue weighted by Crippen LogP contribution is -2.33. The Bertz CT molecular complexity index is 428. The fourth-order valence-corrected chi connectivity index (χ4v) is 2.42. The molecule has 4 heteroatoms. The lowest BCUT2D eigenvalue weighted by molar-refractivity contribution is 0.0936. The van der Waals surface area contributed by atoms with Crippen LogP contribution in [-0.4, -0.2) is 16.9 Å². The summed E-state index contributed by atoms with van der Waals surface area (Å²) in [6.45, 7) is 4.48. The molecule has 1 aliphatic carbocycles. The second-order valence-corrected chi connectivity index (χ2v) is 5.55. The minimum absolute atomic E-state index is 0.0539. The van der Waals surface area contributed by atoms with Gasteiger partial charge in [0.25, 0.3) is 5.91 Å². The number of amides is 1. The number of hydrogen-bond donors (Lipinski definition) is 2. The largest absolute Gasteiger partial charge is 0.384 e. The third-order valence-corrected chi connectivity index (χ3v) is 3.35. The summed E-state index contributed by atoms with van der Waals surface area (Å²) >= 11 is 0. The number of nitrogens with zero attached hydrogens (tertiary/aromatic N) is 1. The average Bonchev–Trinajstić information content (AvgIpc) is 2.58. The number of carbonyl (C=O) groups excluding carboxylic acids is 1. The van der Waals surface area contributed by atoms with Crippen LogP contribution < -0.4 is 11.1 Å². The van der Waals surface area contributed by atoms with Crippen LogP contribution in [0.15, 0.2) is 18.3 Å². The van der Waals surface area contributed by atoms with E-state index in [0.29, 0.717) is 16.8 Å². The molecular weight excluding hydrogens is 214 g/mol. The van der Waals surface area contributed by atoms with Crippen molar-refractivity contribution in [1.82, 2.24) is 10.3 Å². The molecule has 1 aromatic heterocycles. The van der Waals surface area contributed by atoms with Gasteiger partial charge in [0.05, 0.1) is 0 Å². The van der Waals surface area contributed by atoms with Crippen molar-refractivity contribution in [2.75, 3.05) is 5.73 Å². The van der Waals surface area contributed by atoms with Crippen molar-refractivity contribution >= 4 is 11.7 Å². The topological polar surface area (TPSA) is 68.0 Å². The summed E-state index contributed by atoms with van der Waals surface area (Å²) in [6, 6.07) is 3.58. The van der Waals surface area contributed by atoms with Crippen molar-refractivity contribution in [1.29, 1.82) is 0 Å². The van der Waals surface area contributed by atoms with E-state index in [1.807, 2.05) is 0 Å². The molecule has 1 saturated carbocycles. The molecule has 0 spiro atoms. The normalized spacial score (nSPS) is 22.4. The molecule has 1 aromatic rings. The average molecular weight is 233 g/mol. The van der Waals surface area contributed by atoms with Crippen LogP contribution in [0.5, 0.6) is 0 Å². The Balaban J connectivity index is 1.98. The van der Waals surface area contributed by atoms with Gasteiger partial charge in [0.1, 0.15) is 5.82 Å². The SMILES string of the molecule is CC1(C)CCC(NC(=O)c2ccnc(N)c2)C1. The zero-order valence-corrected chi connectivity index (χ0v) is 10.4. The Morgan fingerprint density at radius 1 is 1.59 bits per heavy atom. The Morgan fingerprint density at radius 3 is 2.94 bits per heavy atom. The predicted octanol–water partition coefficient (Wildman–Crippen LogP) is 1.97. The standard InChI is InChI=1S/C13H19N3O/c1-13(2)5-3-10(8-13)16-12(17)9-4-6-15-11(14)7-9/h4,6-7,10H,3,5,8H2,1-2H3,(H2,14,15)(H,16,17). The number of pyridine rings is 1. The van der Waals surface area contributed by atoms with Crippen LogP contribution in [0.25, 0.3) is 0 Å². The Labute approximate surface area is 102 Å². The Kier molecular flexibility index (Phi) is 3.05. The van der Waals surface area contributed by atoms with Crippen LogP contribution in [0.4, 0.5) is 5.82 Å².